The third-order valence-corrected chi connectivity index (χ3v) is 5.56. The van der Waals surface area contributed by atoms with E-state index in [2.05, 4.69) is 42.1 Å². The second kappa shape index (κ2) is 7.96. The van der Waals surface area contributed by atoms with E-state index in [0.717, 1.165) is 25.2 Å². The highest BCUT2D eigenvalue weighted by Gasteiger charge is 2.17. The van der Waals surface area contributed by atoms with Crippen LogP contribution in [0.5, 0.6) is 11.6 Å². The topological polar surface area (TPSA) is 76.2 Å². The van der Waals surface area contributed by atoms with E-state index in [1.54, 1.807) is 17.7 Å². The van der Waals surface area contributed by atoms with E-state index in [-0.39, 0.29) is 18.2 Å². The van der Waals surface area contributed by atoms with E-state index in [1.165, 1.54) is 0 Å². The monoisotopic (exact) mass is 515 g/mol. The van der Waals surface area contributed by atoms with Crippen LogP contribution in [0.2, 0.25) is 0 Å². The Morgan fingerprint density at radius 1 is 1.10 bits per heavy atom. The van der Waals surface area contributed by atoms with Gasteiger partial charge in [0, 0.05) is 21.4 Å². The maximum Gasteiger partial charge on any atom is 0.302 e. The number of hydrogen-bond acceptors (Lipinski definition) is 4. The van der Waals surface area contributed by atoms with Gasteiger partial charge in [-0.1, -0.05) is 46.3 Å². The molecule has 1 heterocycles. The minimum atomic E-state index is -0.552. The van der Waals surface area contributed by atoms with Crippen LogP contribution >= 0.6 is 31.9 Å². The van der Waals surface area contributed by atoms with Crippen LogP contribution < -0.4 is 4.74 Å². The van der Waals surface area contributed by atoms with Crippen LogP contribution in [0.1, 0.15) is 0 Å². The number of aromatic nitrogens is 1. The summed E-state index contributed by atoms with van der Waals surface area (Å²) in [5, 5.41) is 20.9. The number of aromatic hydroxyl groups is 1. The lowest BCUT2D eigenvalue weighted by Gasteiger charge is -2.04. The van der Waals surface area contributed by atoms with Gasteiger partial charge >= 0.3 is 5.91 Å². The van der Waals surface area contributed by atoms with Crippen LogP contribution in [0.4, 0.5) is 5.69 Å². The molecule has 0 fully saturated rings. The average Bonchev–Trinajstić information content (AvgIpc) is 2.94. The molecule has 8 heteroatoms. The summed E-state index contributed by atoms with van der Waals surface area (Å²) in [6.45, 7) is -0.249. The first kappa shape index (κ1) is 19.6. The molecule has 146 valence electrons. The fraction of sp³-hybridized carbons (Fsp3) is 0.0952. The van der Waals surface area contributed by atoms with Crippen LogP contribution in [-0.4, -0.2) is 22.2 Å². The van der Waals surface area contributed by atoms with E-state index in [4.69, 9.17) is 4.74 Å². The summed E-state index contributed by atoms with van der Waals surface area (Å²) in [6, 6.07) is 17.2. The molecule has 0 aliphatic rings. The number of amides is 1. The summed E-state index contributed by atoms with van der Waals surface area (Å²) < 4.78 is 8.71. The maximum absolute atomic E-state index is 12.1. The Morgan fingerprint density at radius 2 is 1.86 bits per heavy atom. The normalized spacial score (nSPS) is 11.6. The van der Waals surface area contributed by atoms with Gasteiger partial charge in [0.2, 0.25) is 5.88 Å². The number of benzene rings is 3. The van der Waals surface area contributed by atoms with Gasteiger partial charge in [0.25, 0.3) is 0 Å². The predicted molar refractivity (Wildman–Crippen MR) is 119 cm³/mol. The Morgan fingerprint density at radius 3 is 2.66 bits per heavy atom. The zero-order valence-corrected chi connectivity index (χ0v) is 18.4. The number of carbonyl (C=O) groups excluding carboxylic acids is 1. The van der Waals surface area contributed by atoms with Crippen LogP contribution in [0.15, 0.2) is 73.8 Å². The van der Waals surface area contributed by atoms with E-state index in [0.29, 0.717) is 11.1 Å². The van der Waals surface area contributed by atoms with E-state index in [1.807, 2.05) is 48.5 Å². The van der Waals surface area contributed by atoms with Gasteiger partial charge in [0.15, 0.2) is 12.3 Å². The molecule has 0 aliphatic carbocycles. The van der Waals surface area contributed by atoms with E-state index >= 15 is 0 Å². The molecule has 0 atom stereocenters. The molecule has 3 aromatic carbocycles. The van der Waals surface area contributed by atoms with Gasteiger partial charge < -0.3 is 14.4 Å². The molecule has 1 amide bonds. The number of fused-ring (bicyclic) bond motifs is 2. The van der Waals surface area contributed by atoms with Crippen molar-refractivity contribution in [3.63, 3.8) is 0 Å². The van der Waals surface area contributed by atoms with Gasteiger partial charge in [0.1, 0.15) is 5.75 Å². The molecule has 6 nitrogen and oxygen atoms in total. The third-order valence-electron chi connectivity index (χ3n) is 4.49. The van der Waals surface area contributed by atoms with Crippen molar-refractivity contribution in [2.45, 2.75) is 0 Å². The van der Waals surface area contributed by atoms with E-state index in [9.17, 15) is 9.90 Å². The largest absolute Gasteiger partial charge is 0.493 e. The summed E-state index contributed by atoms with van der Waals surface area (Å²) in [5.41, 5.74) is 0.975. The molecule has 0 radical (unpaired) electrons. The zero-order chi connectivity index (χ0) is 20.5. The van der Waals surface area contributed by atoms with Crippen molar-refractivity contribution in [3.05, 3.63) is 63.5 Å². The number of nitrogens with zero attached hydrogens (tertiary/aromatic N) is 3. The molecule has 1 aromatic heterocycles. The minimum absolute atomic E-state index is 0.0780. The summed E-state index contributed by atoms with van der Waals surface area (Å²) in [6.07, 6.45) is 0. The van der Waals surface area contributed by atoms with Gasteiger partial charge in [0.05, 0.1) is 5.52 Å². The van der Waals surface area contributed by atoms with Crippen molar-refractivity contribution in [2.24, 2.45) is 17.3 Å². The lowest BCUT2D eigenvalue weighted by Crippen LogP contribution is -2.07. The molecule has 0 bridgehead atoms. The second-order valence-electron chi connectivity index (χ2n) is 6.41. The molecule has 29 heavy (non-hydrogen) atoms. The highest BCUT2D eigenvalue weighted by Crippen LogP contribution is 2.42. The Hall–Kier alpha value is -2.71. The highest BCUT2D eigenvalue weighted by molar-refractivity contribution is 9.11. The maximum atomic E-state index is 12.1. The van der Waals surface area contributed by atoms with Crippen molar-refractivity contribution in [1.29, 1.82) is 0 Å². The van der Waals surface area contributed by atoms with E-state index < -0.39 is 5.91 Å². The number of azo groups is 1. The van der Waals surface area contributed by atoms with Crippen molar-refractivity contribution >= 4 is 65.1 Å². The van der Waals surface area contributed by atoms with Gasteiger partial charge in [-0.2, -0.15) is 0 Å². The van der Waals surface area contributed by atoms with Gasteiger partial charge in [-0.15, -0.1) is 10.2 Å². The molecular formula is C21H15Br2N3O3. The molecule has 0 saturated carbocycles. The lowest BCUT2D eigenvalue weighted by atomic mass is 10.1. The van der Waals surface area contributed by atoms with Crippen molar-refractivity contribution < 1.29 is 14.6 Å². The molecule has 0 aliphatic heterocycles. The molecular weight excluding hydrogens is 502 g/mol. The number of halogens is 2. The van der Waals surface area contributed by atoms with Crippen LogP contribution in [0.3, 0.4) is 0 Å². The standard InChI is InChI=1S/C21H15Br2N3O3/c1-26-20-16(9-14(22)10-17(20)23)19(21(26)28)25-24-18(27)11-29-15-7-6-12-4-2-3-5-13(12)8-15/h2-10,28H,11H2,1H3. The SMILES string of the molecule is Cn1c(O)c(N=NC(=O)COc2ccc3ccccc3c2)c2cc(Br)cc(Br)c21. The number of rotatable bonds is 4. The summed E-state index contributed by atoms with van der Waals surface area (Å²) in [4.78, 5) is 12.1. The third kappa shape index (κ3) is 3.90. The van der Waals surface area contributed by atoms with Crippen LogP contribution in [-0.2, 0) is 11.8 Å². The predicted octanol–water partition coefficient (Wildman–Crippen LogP) is 6.25. The van der Waals surface area contributed by atoms with Gasteiger partial charge in [-0.05, 0) is 51.0 Å². The number of carbonyl (C=O) groups is 1. The summed E-state index contributed by atoms with van der Waals surface area (Å²) >= 11 is 6.89. The number of hydrogen-bond donors (Lipinski definition) is 1. The van der Waals surface area contributed by atoms with Crippen molar-refractivity contribution in [3.8, 4) is 11.6 Å². The van der Waals surface area contributed by atoms with Crippen molar-refractivity contribution in [2.75, 3.05) is 6.61 Å². The number of ether oxygens (including phenoxy) is 1. The highest BCUT2D eigenvalue weighted by atomic mass is 79.9. The number of aryl methyl sites for hydroxylation is 1. The Bertz CT molecular complexity index is 1280. The molecule has 4 rings (SSSR count). The first-order chi connectivity index (χ1) is 13.9. The van der Waals surface area contributed by atoms with Gasteiger partial charge in [-0.25, -0.2) is 0 Å². The Balaban J connectivity index is 1.53. The average molecular weight is 517 g/mol. The summed E-state index contributed by atoms with van der Waals surface area (Å²) in [7, 11) is 1.71. The Labute approximate surface area is 183 Å². The molecule has 4 aromatic rings. The first-order valence-electron chi connectivity index (χ1n) is 8.66. The molecule has 0 spiro atoms. The molecule has 1 N–H and O–H groups in total. The zero-order valence-electron chi connectivity index (χ0n) is 15.3. The molecule has 0 saturated heterocycles. The smallest absolute Gasteiger partial charge is 0.302 e. The lowest BCUT2D eigenvalue weighted by molar-refractivity contribution is -0.120. The van der Waals surface area contributed by atoms with Crippen molar-refractivity contribution in [1.82, 2.24) is 4.57 Å². The fourth-order valence-corrected chi connectivity index (χ4v) is 4.60. The fourth-order valence-electron chi connectivity index (χ4n) is 3.11. The summed E-state index contributed by atoms with van der Waals surface area (Å²) in [5.74, 6) is -0.0532. The first-order valence-corrected chi connectivity index (χ1v) is 10.2. The minimum Gasteiger partial charge on any atom is -0.493 e. The molecule has 0 unspecified atom stereocenters. The Kier molecular flexibility index (Phi) is 5.38. The second-order valence-corrected chi connectivity index (χ2v) is 8.18. The van der Waals surface area contributed by atoms with Crippen LogP contribution in [0.25, 0.3) is 21.7 Å². The quantitative estimate of drug-likeness (QED) is 0.325. The van der Waals surface area contributed by atoms with Gasteiger partial charge in [-0.3, -0.25) is 4.79 Å². The van der Waals surface area contributed by atoms with Crippen LogP contribution in [0, 0.1) is 0 Å².